The highest BCUT2D eigenvalue weighted by Gasteiger charge is 2.33. The number of hydrogen-bond donors (Lipinski definition) is 2. The Balaban J connectivity index is 1.44. The van der Waals surface area contributed by atoms with Crippen molar-refractivity contribution in [3.63, 3.8) is 0 Å². The molecular formula is C26H26BrN5O4. The van der Waals surface area contributed by atoms with Crippen LogP contribution in [0, 0.1) is 10.1 Å². The summed E-state index contributed by atoms with van der Waals surface area (Å²) in [7, 11) is 0. The van der Waals surface area contributed by atoms with E-state index in [2.05, 4.69) is 31.5 Å². The molecule has 2 heterocycles. The number of nitrogens with zero attached hydrogens (tertiary/aromatic N) is 3. The van der Waals surface area contributed by atoms with Crippen LogP contribution in [0.15, 0.2) is 53.3 Å². The smallest absolute Gasteiger partial charge is 0.294 e. The molecule has 186 valence electrons. The van der Waals surface area contributed by atoms with Crippen LogP contribution in [0.25, 0.3) is 10.8 Å². The number of pyridine rings is 1. The molecule has 2 fully saturated rings. The second-order valence-corrected chi connectivity index (χ2v) is 10.2. The van der Waals surface area contributed by atoms with E-state index in [9.17, 15) is 19.7 Å². The molecule has 2 N–H and O–H groups in total. The maximum atomic E-state index is 13.3. The highest BCUT2D eigenvalue weighted by molar-refractivity contribution is 9.10. The van der Waals surface area contributed by atoms with Crippen molar-refractivity contribution in [2.24, 2.45) is 0 Å². The summed E-state index contributed by atoms with van der Waals surface area (Å²) in [5, 5.41) is 20.1. The fourth-order valence-electron chi connectivity index (χ4n) is 4.95. The maximum Gasteiger partial charge on any atom is 0.294 e. The summed E-state index contributed by atoms with van der Waals surface area (Å²) in [6, 6.07) is 10.1. The molecule has 1 aliphatic carbocycles. The first-order valence-electron chi connectivity index (χ1n) is 12.1. The van der Waals surface area contributed by atoms with E-state index in [1.165, 1.54) is 6.07 Å². The van der Waals surface area contributed by atoms with Gasteiger partial charge in [-0.05, 0) is 30.7 Å². The molecule has 36 heavy (non-hydrogen) atoms. The number of fused-ring (bicyclic) bond motifs is 1. The Kier molecular flexibility index (Phi) is 6.86. The van der Waals surface area contributed by atoms with E-state index >= 15 is 0 Å². The molecule has 0 bridgehead atoms. The quantitative estimate of drug-likeness (QED) is 0.332. The maximum absolute atomic E-state index is 13.3. The van der Waals surface area contributed by atoms with Crippen LogP contribution in [0.4, 0.5) is 11.4 Å². The highest BCUT2D eigenvalue weighted by Crippen LogP contribution is 2.36. The number of nitro groups is 1. The summed E-state index contributed by atoms with van der Waals surface area (Å²) in [5.74, 6) is -0.466. The molecule has 2 atom stereocenters. The van der Waals surface area contributed by atoms with Crippen molar-refractivity contribution in [1.29, 1.82) is 0 Å². The molecule has 2 aliphatic rings. The van der Waals surface area contributed by atoms with Crippen molar-refractivity contribution < 1.29 is 14.5 Å². The van der Waals surface area contributed by atoms with Crippen molar-refractivity contribution in [2.45, 2.75) is 44.2 Å². The van der Waals surface area contributed by atoms with Crippen LogP contribution < -0.4 is 10.6 Å². The van der Waals surface area contributed by atoms with Gasteiger partial charge in [0.15, 0.2) is 0 Å². The van der Waals surface area contributed by atoms with Crippen LogP contribution in [-0.4, -0.2) is 51.8 Å². The Morgan fingerprint density at radius 3 is 2.50 bits per heavy atom. The molecule has 0 spiro atoms. The van der Waals surface area contributed by atoms with Crippen molar-refractivity contribution in [3.05, 3.63) is 74.5 Å². The Hall–Kier alpha value is -3.53. The number of likely N-dealkylation sites (tertiary alicyclic amines) is 1. The average Bonchev–Trinajstić information content (AvgIpc) is 2.84. The minimum Gasteiger partial charge on any atom is -0.374 e. The number of carbonyl (C=O) groups excluding carboxylic acids is 2. The lowest BCUT2D eigenvalue weighted by molar-refractivity contribution is -0.384. The van der Waals surface area contributed by atoms with Gasteiger partial charge in [0.05, 0.1) is 16.1 Å². The molecule has 9 nitrogen and oxygen atoms in total. The zero-order chi connectivity index (χ0) is 25.2. The van der Waals surface area contributed by atoms with Gasteiger partial charge in [-0.15, -0.1) is 0 Å². The Morgan fingerprint density at radius 2 is 1.78 bits per heavy atom. The van der Waals surface area contributed by atoms with Gasteiger partial charge in [-0.2, -0.15) is 0 Å². The number of hydrogen-bond acceptors (Lipinski definition) is 6. The number of carbonyl (C=O) groups is 2. The van der Waals surface area contributed by atoms with Gasteiger partial charge in [-0.3, -0.25) is 24.7 Å². The van der Waals surface area contributed by atoms with E-state index in [1.54, 1.807) is 23.4 Å². The first-order valence-corrected chi connectivity index (χ1v) is 12.9. The van der Waals surface area contributed by atoms with Gasteiger partial charge >= 0.3 is 0 Å². The molecule has 1 aliphatic heterocycles. The highest BCUT2D eigenvalue weighted by atomic mass is 79.9. The lowest BCUT2D eigenvalue weighted by atomic mass is 9.89. The van der Waals surface area contributed by atoms with Crippen LogP contribution in [0.2, 0.25) is 0 Å². The van der Waals surface area contributed by atoms with Gasteiger partial charge in [0.25, 0.3) is 17.5 Å². The van der Waals surface area contributed by atoms with Gasteiger partial charge in [0.1, 0.15) is 5.69 Å². The Morgan fingerprint density at radius 1 is 1.03 bits per heavy atom. The van der Waals surface area contributed by atoms with E-state index in [4.69, 9.17) is 0 Å². The summed E-state index contributed by atoms with van der Waals surface area (Å²) in [6.07, 6.45) is 7.49. The predicted octanol–water partition coefficient (Wildman–Crippen LogP) is 4.90. The third-order valence-electron chi connectivity index (χ3n) is 6.98. The lowest BCUT2D eigenvalue weighted by Crippen LogP contribution is -2.49. The van der Waals surface area contributed by atoms with Gasteiger partial charge < -0.3 is 15.5 Å². The molecule has 0 unspecified atom stereocenters. The summed E-state index contributed by atoms with van der Waals surface area (Å²) in [6.45, 7) is 1.28. The molecule has 0 radical (unpaired) electrons. The second-order valence-electron chi connectivity index (χ2n) is 9.27. The average molecular weight is 552 g/mol. The fraction of sp³-hybridized carbons (Fsp3) is 0.346. The molecule has 10 heteroatoms. The standard InChI is InChI=1S/C26H26BrN5O4/c27-17-12-19(26(34)31-10-5-11-31)24(23(13-17)32(35)36)29-21-8-3-4-9-22(21)30-25(33)20-15-28-14-16-6-1-2-7-18(16)20/h1-2,6-7,12-15,21-22,29H,3-5,8-11H2,(H,30,33)/t21-,22+/m1/s1. The van der Waals surface area contributed by atoms with Crippen LogP contribution in [0.3, 0.4) is 0 Å². The van der Waals surface area contributed by atoms with E-state index in [0.717, 1.165) is 36.5 Å². The van der Waals surface area contributed by atoms with E-state index in [1.807, 2.05) is 24.3 Å². The molecule has 1 saturated carbocycles. The number of amides is 2. The monoisotopic (exact) mass is 551 g/mol. The Bertz CT molecular complexity index is 1340. The summed E-state index contributed by atoms with van der Waals surface area (Å²) < 4.78 is 0.473. The number of nitro benzene ring substituents is 1. The van der Waals surface area contributed by atoms with Gasteiger partial charge in [0, 0.05) is 53.5 Å². The second kappa shape index (κ2) is 10.2. The molecule has 1 aromatic heterocycles. The van der Waals surface area contributed by atoms with Crippen LogP contribution in [-0.2, 0) is 0 Å². The first-order chi connectivity index (χ1) is 17.4. The molecule has 3 aromatic rings. The van der Waals surface area contributed by atoms with Crippen molar-refractivity contribution in [1.82, 2.24) is 15.2 Å². The molecular weight excluding hydrogens is 526 g/mol. The third-order valence-corrected chi connectivity index (χ3v) is 7.44. The summed E-state index contributed by atoms with van der Waals surface area (Å²) in [5.41, 5.74) is 0.797. The topological polar surface area (TPSA) is 117 Å². The number of anilines is 1. The van der Waals surface area contributed by atoms with Crippen LogP contribution in [0.5, 0.6) is 0 Å². The van der Waals surface area contributed by atoms with Gasteiger partial charge in [0.2, 0.25) is 0 Å². The fourth-order valence-corrected chi connectivity index (χ4v) is 5.40. The summed E-state index contributed by atoms with van der Waals surface area (Å²) in [4.78, 5) is 43.8. The van der Waals surface area contributed by atoms with Gasteiger partial charge in [-0.1, -0.05) is 53.0 Å². The van der Waals surface area contributed by atoms with Crippen molar-refractivity contribution in [2.75, 3.05) is 18.4 Å². The van der Waals surface area contributed by atoms with Crippen LogP contribution in [0.1, 0.15) is 52.8 Å². The number of rotatable bonds is 6. The van der Waals surface area contributed by atoms with Crippen molar-refractivity contribution >= 4 is 49.9 Å². The number of benzene rings is 2. The zero-order valence-electron chi connectivity index (χ0n) is 19.6. The van der Waals surface area contributed by atoms with E-state index < -0.39 is 4.92 Å². The predicted molar refractivity (Wildman–Crippen MR) is 140 cm³/mol. The van der Waals surface area contributed by atoms with Gasteiger partial charge in [-0.25, -0.2) is 0 Å². The normalized spacial score (nSPS) is 19.4. The largest absolute Gasteiger partial charge is 0.374 e. The van der Waals surface area contributed by atoms with E-state index in [0.29, 0.717) is 29.5 Å². The minimum absolute atomic E-state index is 0.165. The van der Waals surface area contributed by atoms with E-state index in [-0.39, 0.29) is 40.8 Å². The van der Waals surface area contributed by atoms with Crippen LogP contribution >= 0.6 is 15.9 Å². The molecule has 1 saturated heterocycles. The summed E-state index contributed by atoms with van der Waals surface area (Å²) >= 11 is 3.32. The first kappa shape index (κ1) is 24.2. The lowest BCUT2D eigenvalue weighted by Gasteiger charge is -2.35. The number of halogens is 1. The molecule has 5 rings (SSSR count). The third kappa shape index (κ3) is 4.77. The van der Waals surface area contributed by atoms with Crippen molar-refractivity contribution in [3.8, 4) is 0 Å². The Labute approximate surface area is 216 Å². The number of nitrogens with one attached hydrogen (secondary N) is 2. The number of aromatic nitrogens is 1. The molecule has 2 amide bonds. The zero-order valence-corrected chi connectivity index (χ0v) is 21.2. The minimum atomic E-state index is -0.474. The molecule has 2 aromatic carbocycles. The SMILES string of the molecule is O=C(N[C@H]1CCCC[C@H]1Nc1c(C(=O)N2CCC2)cc(Br)cc1[N+](=O)[O-])c1cncc2ccccc12.